The van der Waals surface area contributed by atoms with Gasteiger partial charge in [0.1, 0.15) is 0 Å². The van der Waals surface area contributed by atoms with Gasteiger partial charge in [0.15, 0.2) is 4.77 Å². The number of aryl methyl sites for hydroxylation is 1. The fourth-order valence-corrected chi connectivity index (χ4v) is 4.45. The van der Waals surface area contributed by atoms with E-state index in [1.165, 1.54) is 108 Å². The predicted octanol–water partition coefficient (Wildman–Crippen LogP) is 8.96. The Morgan fingerprint density at radius 3 is 1.68 bits per heavy atom. The molecule has 2 aromatic rings. The summed E-state index contributed by atoms with van der Waals surface area (Å²) in [4.78, 5) is 3.31. The van der Waals surface area contributed by atoms with Crippen molar-refractivity contribution in [3.63, 3.8) is 0 Å². The number of fused-ring (bicyclic) bond motifs is 1. The third-order valence-electron chi connectivity index (χ3n) is 5.92. The van der Waals surface area contributed by atoms with Crippen molar-refractivity contribution >= 4 is 23.3 Å². The Kier molecular flexibility index (Phi) is 12.3. The highest BCUT2D eigenvalue weighted by molar-refractivity contribution is 7.71. The van der Waals surface area contributed by atoms with E-state index in [-0.39, 0.29) is 0 Å². The van der Waals surface area contributed by atoms with Crippen LogP contribution >= 0.6 is 12.2 Å². The zero-order chi connectivity index (χ0) is 19.9. The molecule has 0 spiro atoms. The molecule has 0 aliphatic carbocycles. The van der Waals surface area contributed by atoms with Crippen LogP contribution in [-0.2, 0) is 6.54 Å². The molecule has 0 saturated heterocycles. The van der Waals surface area contributed by atoms with Crippen LogP contribution < -0.4 is 0 Å². The maximum atomic E-state index is 5.47. The molecule has 0 aliphatic rings. The fourth-order valence-electron chi connectivity index (χ4n) is 4.15. The number of rotatable bonds is 17. The van der Waals surface area contributed by atoms with E-state index < -0.39 is 0 Å². The number of imidazole rings is 1. The third kappa shape index (κ3) is 8.94. The van der Waals surface area contributed by atoms with Crippen LogP contribution in [0.5, 0.6) is 0 Å². The first-order valence-electron chi connectivity index (χ1n) is 12.0. The van der Waals surface area contributed by atoms with Gasteiger partial charge < -0.3 is 9.55 Å². The van der Waals surface area contributed by atoms with Crippen molar-refractivity contribution in [2.24, 2.45) is 0 Å². The van der Waals surface area contributed by atoms with Crippen molar-refractivity contribution in [2.75, 3.05) is 0 Å². The number of nitrogens with one attached hydrogen (secondary N) is 1. The Balaban J connectivity index is 1.38. The molecule has 1 aromatic carbocycles. The van der Waals surface area contributed by atoms with Gasteiger partial charge in [-0.2, -0.15) is 0 Å². The molecular weight excluding hydrogens is 360 g/mol. The Hall–Kier alpha value is -1.09. The standard InChI is InChI=1S/C25H42N2S/c1-2-3-4-5-6-7-8-9-10-11-12-13-14-15-16-19-22-27-24-21-18-17-20-23(24)26-25(27)28/h17-18,20-21H,2-16,19,22H2,1H3,(H,26,28). The van der Waals surface area contributed by atoms with Gasteiger partial charge in [-0.15, -0.1) is 0 Å². The molecule has 158 valence electrons. The molecule has 3 heteroatoms. The number of benzene rings is 1. The summed E-state index contributed by atoms with van der Waals surface area (Å²) in [5.41, 5.74) is 2.40. The number of hydrogen-bond donors (Lipinski definition) is 1. The Morgan fingerprint density at radius 2 is 1.14 bits per heavy atom. The van der Waals surface area contributed by atoms with Crippen molar-refractivity contribution in [1.82, 2.24) is 9.55 Å². The molecule has 2 rings (SSSR count). The molecule has 1 N–H and O–H groups in total. The number of hydrogen-bond acceptors (Lipinski definition) is 1. The summed E-state index contributed by atoms with van der Waals surface area (Å²) in [6.45, 7) is 3.34. The number of H-pyrrole nitrogens is 1. The van der Waals surface area contributed by atoms with Crippen LogP contribution in [0.15, 0.2) is 24.3 Å². The lowest BCUT2D eigenvalue weighted by Crippen LogP contribution is -1.97. The molecule has 0 atom stereocenters. The highest BCUT2D eigenvalue weighted by Gasteiger charge is 2.02. The Bertz CT molecular complexity index is 685. The lowest BCUT2D eigenvalue weighted by molar-refractivity contribution is 0.522. The summed E-state index contributed by atoms with van der Waals surface area (Å²) in [6, 6.07) is 8.42. The molecule has 1 aromatic heterocycles. The van der Waals surface area contributed by atoms with Crippen LogP contribution in [0.3, 0.4) is 0 Å². The average molecular weight is 403 g/mol. The second-order valence-electron chi connectivity index (χ2n) is 8.40. The van der Waals surface area contributed by atoms with Crippen LogP contribution in [-0.4, -0.2) is 9.55 Å². The van der Waals surface area contributed by atoms with Gasteiger partial charge in [0.05, 0.1) is 11.0 Å². The largest absolute Gasteiger partial charge is 0.331 e. The minimum atomic E-state index is 0.863. The van der Waals surface area contributed by atoms with E-state index in [0.717, 1.165) is 16.8 Å². The zero-order valence-electron chi connectivity index (χ0n) is 18.2. The topological polar surface area (TPSA) is 20.7 Å². The van der Waals surface area contributed by atoms with Crippen LogP contribution in [0.4, 0.5) is 0 Å². The van der Waals surface area contributed by atoms with E-state index in [2.05, 4.69) is 40.7 Å². The van der Waals surface area contributed by atoms with Gasteiger partial charge in [0, 0.05) is 6.54 Å². The van der Waals surface area contributed by atoms with E-state index in [0.29, 0.717) is 0 Å². The Labute approximate surface area is 178 Å². The van der Waals surface area contributed by atoms with Gasteiger partial charge in [-0.05, 0) is 30.8 Å². The molecule has 0 bridgehead atoms. The Morgan fingerprint density at radius 1 is 0.679 bits per heavy atom. The summed E-state index contributed by atoms with van der Waals surface area (Å²) < 4.78 is 3.12. The smallest absolute Gasteiger partial charge is 0.178 e. The van der Waals surface area contributed by atoms with E-state index in [1.807, 2.05) is 0 Å². The molecular formula is C25H42N2S. The number of aromatic amines is 1. The molecule has 0 aliphatic heterocycles. The minimum absolute atomic E-state index is 0.863. The van der Waals surface area contributed by atoms with Crippen molar-refractivity contribution in [3.05, 3.63) is 29.0 Å². The van der Waals surface area contributed by atoms with Gasteiger partial charge in [0.2, 0.25) is 0 Å². The molecule has 28 heavy (non-hydrogen) atoms. The predicted molar refractivity (Wildman–Crippen MR) is 127 cm³/mol. The van der Waals surface area contributed by atoms with Gasteiger partial charge in [-0.1, -0.05) is 115 Å². The van der Waals surface area contributed by atoms with E-state index in [4.69, 9.17) is 12.2 Å². The first-order chi connectivity index (χ1) is 13.8. The number of unbranched alkanes of at least 4 members (excludes halogenated alkanes) is 15. The zero-order valence-corrected chi connectivity index (χ0v) is 19.0. The third-order valence-corrected chi connectivity index (χ3v) is 6.24. The molecule has 2 nitrogen and oxygen atoms in total. The van der Waals surface area contributed by atoms with Gasteiger partial charge in [-0.3, -0.25) is 0 Å². The summed E-state index contributed by atoms with van der Waals surface area (Å²) in [5.74, 6) is 0. The van der Waals surface area contributed by atoms with Gasteiger partial charge in [0.25, 0.3) is 0 Å². The highest BCUT2D eigenvalue weighted by Crippen LogP contribution is 2.16. The average Bonchev–Trinajstić information content (AvgIpc) is 3.03. The van der Waals surface area contributed by atoms with Crippen LogP contribution in [0, 0.1) is 4.77 Å². The van der Waals surface area contributed by atoms with Crippen LogP contribution in [0.2, 0.25) is 0 Å². The van der Waals surface area contributed by atoms with Crippen LogP contribution in [0.25, 0.3) is 11.0 Å². The van der Waals surface area contributed by atoms with Crippen molar-refractivity contribution in [3.8, 4) is 0 Å². The molecule has 0 radical (unpaired) electrons. The summed E-state index contributed by atoms with van der Waals surface area (Å²) >= 11 is 5.47. The van der Waals surface area contributed by atoms with Crippen molar-refractivity contribution in [1.29, 1.82) is 0 Å². The van der Waals surface area contributed by atoms with E-state index >= 15 is 0 Å². The second-order valence-corrected chi connectivity index (χ2v) is 8.79. The number of para-hydroxylation sites is 2. The quantitative estimate of drug-likeness (QED) is 0.207. The molecule has 0 unspecified atom stereocenters. The van der Waals surface area contributed by atoms with E-state index in [9.17, 15) is 0 Å². The second kappa shape index (κ2) is 14.8. The SMILES string of the molecule is CCCCCCCCCCCCCCCCCCn1c(=S)[nH]c2ccccc21. The maximum absolute atomic E-state index is 5.47. The summed E-state index contributed by atoms with van der Waals surface area (Å²) in [5, 5.41) is 0. The maximum Gasteiger partial charge on any atom is 0.178 e. The lowest BCUT2D eigenvalue weighted by atomic mass is 10.0. The molecule has 0 amide bonds. The van der Waals surface area contributed by atoms with Gasteiger partial charge >= 0.3 is 0 Å². The first-order valence-corrected chi connectivity index (χ1v) is 12.4. The number of nitrogens with zero attached hydrogens (tertiary/aromatic N) is 1. The minimum Gasteiger partial charge on any atom is -0.331 e. The lowest BCUT2D eigenvalue weighted by Gasteiger charge is -2.05. The number of aromatic nitrogens is 2. The van der Waals surface area contributed by atoms with Gasteiger partial charge in [-0.25, -0.2) is 0 Å². The monoisotopic (exact) mass is 402 g/mol. The molecule has 0 saturated carbocycles. The normalized spacial score (nSPS) is 11.5. The van der Waals surface area contributed by atoms with Crippen LogP contribution in [0.1, 0.15) is 110 Å². The van der Waals surface area contributed by atoms with E-state index in [1.54, 1.807) is 0 Å². The van der Waals surface area contributed by atoms with Crippen molar-refractivity contribution < 1.29 is 0 Å². The summed E-state index contributed by atoms with van der Waals surface area (Å²) in [7, 11) is 0. The summed E-state index contributed by atoms with van der Waals surface area (Å²) in [6.07, 6.45) is 22.6. The van der Waals surface area contributed by atoms with Crippen molar-refractivity contribution in [2.45, 2.75) is 116 Å². The highest BCUT2D eigenvalue weighted by atomic mass is 32.1. The first kappa shape index (κ1) is 23.2. The fraction of sp³-hybridized carbons (Fsp3) is 0.720. The molecule has 0 fully saturated rings. The molecule has 1 heterocycles.